The van der Waals surface area contributed by atoms with E-state index in [-0.39, 0.29) is 0 Å². The smallest absolute Gasteiger partial charge is 0.390 e. The van der Waals surface area contributed by atoms with Crippen LogP contribution in [0.3, 0.4) is 0 Å². The van der Waals surface area contributed by atoms with Crippen LogP contribution in [-0.2, 0) is 0 Å². The van der Waals surface area contributed by atoms with Crippen molar-refractivity contribution in [3.8, 4) is 5.75 Å². The maximum absolute atomic E-state index is 12.2. The van der Waals surface area contributed by atoms with E-state index in [2.05, 4.69) is 15.9 Å². The quantitative estimate of drug-likeness (QED) is 0.732. The van der Waals surface area contributed by atoms with Crippen LogP contribution >= 0.6 is 27.5 Å². The van der Waals surface area contributed by atoms with Gasteiger partial charge in [0.05, 0.1) is 18.4 Å². The number of alkyl halides is 4. The maximum atomic E-state index is 12.2. The van der Waals surface area contributed by atoms with Crippen molar-refractivity contribution in [2.24, 2.45) is 0 Å². The molecule has 0 radical (unpaired) electrons. The lowest BCUT2D eigenvalue weighted by Gasteiger charge is -2.16. The molecule has 6 heteroatoms. The summed E-state index contributed by atoms with van der Waals surface area (Å²) in [5.41, 5.74) is 0.396. The lowest BCUT2D eigenvalue weighted by molar-refractivity contribution is -0.134. The van der Waals surface area contributed by atoms with E-state index >= 15 is 0 Å². The van der Waals surface area contributed by atoms with Gasteiger partial charge in [-0.05, 0) is 18.2 Å². The zero-order chi connectivity index (χ0) is 12.3. The zero-order valence-corrected chi connectivity index (χ0v) is 10.7. The van der Waals surface area contributed by atoms with E-state index in [1.807, 2.05) is 0 Å². The molecular formula is C10H9BrClF3O. The van der Waals surface area contributed by atoms with Crippen molar-refractivity contribution in [3.63, 3.8) is 0 Å². The first-order valence-corrected chi connectivity index (χ1v) is 5.67. The maximum Gasteiger partial charge on any atom is 0.390 e. The molecule has 0 amide bonds. The van der Waals surface area contributed by atoms with Gasteiger partial charge in [-0.3, -0.25) is 0 Å². The highest BCUT2D eigenvalue weighted by molar-refractivity contribution is 9.09. The lowest BCUT2D eigenvalue weighted by Crippen LogP contribution is -2.11. The number of benzene rings is 1. The molecule has 1 aromatic rings. The minimum atomic E-state index is -4.23. The summed E-state index contributed by atoms with van der Waals surface area (Å²) in [6.07, 6.45) is -5.20. The van der Waals surface area contributed by atoms with Gasteiger partial charge in [-0.1, -0.05) is 27.5 Å². The molecule has 0 aliphatic rings. The Morgan fingerprint density at radius 3 is 2.56 bits per heavy atom. The second-order valence-corrected chi connectivity index (χ2v) is 4.71. The molecule has 0 spiro atoms. The summed E-state index contributed by atoms with van der Waals surface area (Å²) in [5, 5.41) is 0.377. The summed E-state index contributed by atoms with van der Waals surface area (Å²) in [4.78, 5) is -0.860. The van der Waals surface area contributed by atoms with Gasteiger partial charge in [0.25, 0.3) is 0 Å². The first kappa shape index (κ1) is 13.6. The Hall–Kier alpha value is -0.420. The van der Waals surface area contributed by atoms with Gasteiger partial charge in [-0.15, -0.1) is 0 Å². The van der Waals surface area contributed by atoms with Crippen molar-refractivity contribution in [2.45, 2.75) is 17.4 Å². The molecule has 0 bridgehead atoms. The Morgan fingerprint density at radius 2 is 2.06 bits per heavy atom. The number of halogens is 5. The van der Waals surface area contributed by atoms with Gasteiger partial charge in [0.1, 0.15) is 5.75 Å². The lowest BCUT2D eigenvalue weighted by atomic mass is 10.1. The molecule has 1 rings (SSSR count). The highest BCUT2D eigenvalue weighted by Crippen LogP contribution is 2.40. The average molecular weight is 318 g/mol. The van der Waals surface area contributed by atoms with Crippen molar-refractivity contribution in [2.75, 3.05) is 7.11 Å². The molecule has 16 heavy (non-hydrogen) atoms. The summed E-state index contributed by atoms with van der Waals surface area (Å²) >= 11 is 8.72. The predicted octanol–water partition coefficient (Wildman–Crippen LogP) is 4.74. The Balaban J connectivity index is 2.97. The fraction of sp³-hybridized carbons (Fsp3) is 0.400. The number of hydrogen-bond donors (Lipinski definition) is 0. The Bertz CT molecular complexity index is 368. The molecule has 0 aliphatic carbocycles. The highest BCUT2D eigenvalue weighted by atomic mass is 79.9. The van der Waals surface area contributed by atoms with Gasteiger partial charge in [0.2, 0.25) is 0 Å². The Morgan fingerprint density at radius 1 is 1.44 bits per heavy atom. The number of rotatable bonds is 3. The molecule has 1 nitrogen and oxygen atoms in total. The molecule has 1 unspecified atom stereocenters. The third-order valence-corrected chi connectivity index (χ3v) is 2.99. The van der Waals surface area contributed by atoms with Crippen LogP contribution < -0.4 is 4.74 Å². The largest absolute Gasteiger partial charge is 0.496 e. The fourth-order valence-corrected chi connectivity index (χ4v) is 2.17. The Kier molecular flexibility index (Phi) is 4.50. The van der Waals surface area contributed by atoms with E-state index in [0.29, 0.717) is 16.3 Å². The summed E-state index contributed by atoms with van der Waals surface area (Å²) in [7, 11) is 1.40. The van der Waals surface area contributed by atoms with Crippen LogP contribution in [0.15, 0.2) is 18.2 Å². The fourth-order valence-electron chi connectivity index (χ4n) is 1.26. The molecule has 0 saturated heterocycles. The van der Waals surface area contributed by atoms with Crippen LogP contribution in [0.4, 0.5) is 13.2 Å². The number of methoxy groups -OCH3 is 1. The van der Waals surface area contributed by atoms with E-state index < -0.39 is 17.4 Å². The molecule has 0 fully saturated rings. The second-order valence-electron chi connectivity index (χ2n) is 3.17. The van der Waals surface area contributed by atoms with Crippen molar-refractivity contribution in [3.05, 3.63) is 28.8 Å². The topological polar surface area (TPSA) is 9.23 Å². The van der Waals surface area contributed by atoms with Crippen LogP contribution in [0.5, 0.6) is 5.75 Å². The number of hydrogen-bond acceptors (Lipinski definition) is 1. The van der Waals surface area contributed by atoms with E-state index in [9.17, 15) is 13.2 Å². The normalized spacial score (nSPS) is 13.6. The monoisotopic (exact) mass is 316 g/mol. The van der Waals surface area contributed by atoms with Crippen molar-refractivity contribution in [1.82, 2.24) is 0 Å². The number of ether oxygens (including phenoxy) is 1. The van der Waals surface area contributed by atoms with Crippen molar-refractivity contribution < 1.29 is 17.9 Å². The van der Waals surface area contributed by atoms with E-state index in [0.717, 1.165) is 0 Å². The second kappa shape index (κ2) is 5.27. The minimum absolute atomic E-state index is 0.377. The standard InChI is InChI=1S/C10H9BrClF3O/c1-16-9-3-2-6(12)4-7(9)8(11)5-10(13,14)15/h2-4,8H,5H2,1H3. The van der Waals surface area contributed by atoms with Gasteiger partial charge in [0, 0.05) is 10.6 Å². The van der Waals surface area contributed by atoms with E-state index in [1.54, 1.807) is 12.1 Å². The molecule has 0 heterocycles. The highest BCUT2D eigenvalue weighted by Gasteiger charge is 2.32. The average Bonchev–Trinajstić information content (AvgIpc) is 2.15. The molecule has 90 valence electrons. The van der Waals surface area contributed by atoms with Crippen LogP contribution in [-0.4, -0.2) is 13.3 Å². The van der Waals surface area contributed by atoms with E-state index in [1.165, 1.54) is 13.2 Å². The van der Waals surface area contributed by atoms with Gasteiger partial charge in [0.15, 0.2) is 0 Å². The third-order valence-electron chi connectivity index (χ3n) is 1.94. The van der Waals surface area contributed by atoms with Gasteiger partial charge in [-0.2, -0.15) is 13.2 Å². The molecule has 1 aromatic carbocycles. The van der Waals surface area contributed by atoms with Gasteiger partial charge in [-0.25, -0.2) is 0 Å². The van der Waals surface area contributed by atoms with Gasteiger partial charge >= 0.3 is 6.18 Å². The molecule has 0 aliphatic heterocycles. The first-order chi connectivity index (χ1) is 7.33. The molecule has 0 aromatic heterocycles. The third kappa shape index (κ3) is 3.87. The van der Waals surface area contributed by atoms with Crippen molar-refractivity contribution in [1.29, 1.82) is 0 Å². The minimum Gasteiger partial charge on any atom is -0.496 e. The van der Waals surface area contributed by atoms with E-state index in [4.69, 9.17) is 16.3 Å². The Labute approximate surface area is 105 Å². The summed E-state index contributed by atoms with van der Waals surface area (Å²) in [5.74, 6) is 0.385. The van der Waals surface area contributed by atoms with Crippen LogP contribution in [0.2, 0.25) is 5.02 Å². The van der Waals surface area contributed by atoms with Crippen LogP contribution in [0.25, 0.3) is 0 Å². The van der Waals surface area contributed by atoms with Crippen LogP contribution in [0.1, 0.15) is 16.8 Å². The van der Waals surface area contributed by atoms with Gasteiger partial charge < -0.3 is 4.74 Å². The SMILES string of the molecule is COc1ccc(Cl)cc1C(Br)CC(F)(F)F. The molecule has 0 saturated carbocycles. The summed E-state index contributed by atoms with van der Waals surface area (Å²) in [6, 6.07) is 4.57. The zero-order valence-electron chi connectivity index (χ0n) is 8.31. The van der Waals surface area contributed by atoms with Crippen LogP contribution in [0, 0.1) is 0 Å². The molecular weight excluding hydrogens is 308 g/mol. The van der Waals surface area contributed by atoms with Crippen molar-refractivity contribution >= 4 is 27.5 Å². The summed E-state index contributed by atoms with van der Waals surface area (Å²) in [6.45, 7) is 0. The molecule has 0 N–H and O–H groups in total. The summed E-state index contributed by atoms with van der Waals surface area (Å²) < 4.78 is 41.7. The first-order valence-electron chi connectivity index (χ1n) is 4.38. The molecule has 1 atom stereocenters. The predicted molar refractivity (Wildman–Crippen MR) is 60.3 cm³/mol.